The van der Waals surface area contributed by atoms with Crippen LogP contribution < -0.4 is 5.73 Å². The van der Waals surface area contributed by atoms with E-state index in [-0.39, 0.29) is 0 Å². The highest BCUT2D eigenvalue weighted by Gasteiger charge is 2.06. The quantitative estimate of drug-likeness (QED) is 0.585. The molecule has 0 radical (unpaired) electrons. The van der Waals surface area contributed by atoms with Crippen LogP contribution in [0.5, 0.6) is 0 Å². The molecule has 0 aromatic carbocycles. The summed E-state index contributed by atoms with van der Waals surface area (Å²) >= 11 is 0. The third-order valence-electron chi connectivity index (χ3n) is 2.42. The highest BCUT2D eigenvalue weighted by Crippen LogP contribution is 2.07. The standard InChI is InChI=1S/C11H18N4/c1-9(11(12)13-2)5-3-6-10-14-7-4-8-15-10/h4,7-9H,3,5-6H2,1-2H3,(H2,12,13). The molecule has 1 atom stereocenters. The van der Waals surface area contributed by atoms with Gasteiger partial charge in [-0.05, 0) is 18.9 Å². The average molecular weight is 206 g/mol. The molecule has 15 heavy (non-hydrogen) atoms. The van der Waals surface area contributed by atoms with Gasteiger partial charge in [-0.2, -0.15) is 0 Å². The zero-order valence-electron chi connectivity index (χ0n) is 9.35. The van der Waals surface area contributed by atoms with Gasteiger partial charge >= 0.3 is 0 Å². The molecule has 1 unspecified atom stereocenters. The van der Waals surface area contributed by atoms with Crippen molar-refractivity contribution in [2.45, 2.75) is 26.2 Å². The maximum Gasteiger partial charge on any atom is 0.128 e. The van der Waals surface area contributed by atoms with Gasteiger partial charge in [0.15, 0.2) is 0 Å². The van der Waals surface area contributed by atoms with Gasteiger partial charge in [-0.15, -0.1) is 0 Å². The topological polar surface area (TPSA) is 64.2 Å². The van der Waals surface area contributed by atoms with E-state index < -0.39 is 0 Å². The molecule has 0 saturated heterocycles. The number of nitrogens with two attached hydrogens (primary N) is 1. The Bertz CT molecular complexity index is 308. The van der Waals surface area contributed by atoms with Crippen LogP contribution in [-0.2, 0) is 6.42 Å². The highest BCUT2D eigenvalue weighted by atomic mass is 14.8. The molecule has 1 rings (SSSR count). The highest BCUT2D eigenvalue weighted by molar-refractivity contribution is 5.82. The van der Waals surface area contributed by atoms with Crippen molar-refractivity contribution in [2.24, 2.45) is 16.6 Å². The minimum absolute atomic E-state index is 0.346. The van der Waals surface area contributed by atoms with E-state index in [0.29, 0.717) is 5.92 Å². The van der Waals surface area contributed by atoms with Crippen molar-refractivity contribution in [3.63, 3.8) is 0 Å². The molecule has 1 aromatic rings. The molecule has 1 heterocycles. The smallest absolute Gasteiger partial charge is 0.128 e. The Morgan fingerprint density at radius 1 is 1.47 bits per heavy atom. The van der Waals surface area contributed by atoms with Gasteiger partial charge in [0.05, 0.1) is 5.84 Å². The summed E-state index contributed by atoms with van der Waals surface area (Å²) < 4.78 is 0. The van der Waals surface area contributed by atoms with Crippen LogP contribution >= 0.6 is 0 Å². The molecule has 2 N–H and O–H groups in total. The monoisotopic (exact) mass is 206 g/mol. The van der Waals surface area contributed by atoms with Crippen molar-refractivity contribution in [3.05, 3.63) is 24.3 Å². The van der Waals surface area contributed by atoms with Gasteiger partial charge in [-0.1, -0.05) is 6.92 Å². The molecule has 0 aliphatic rings. The Kier molecular flexibility index (Phi) is 4.74. The van der Waals surface area contributed by atoms with Crippen LogP contribution in [0, 0.1) is 5.92 Å². The van der Waals surface area contributed by atoms with Gasteiger partial charge in [-0.25, -0.2) is 9.97 Å². The van der Waals surface area contributed by atoms with Crippen LogP contribution in [0.1, 0.15) is 25.6 Å². The van der Waals surface area contributed by atoms with Crippen LogP contribution in [0.15, 0.2) is 23.5 Å². The van der Waals surface area contributed by atoms with E-state index >= 15 is 0 Å². The Morgan fingerprint density at radius 2 is 2.13 bits per heavy atom. The number of rotatable bonds is 5. The second-order valence-corrected chi connectivity index (χ2v) is 3.61. The molecule has 0 aliphatic heterocycles. The largest absolute Gasteiger partial charge is 0.387 e. The molecule has 82 valence electrons. The van der Waals surface area contributed by atoms with E-state index in [9.17, 15) is 0 Å². The van der Waals surface area contributed by atoms with E-state index in [1.807, 2.05) is 6.07 Å². The molecule has 0 aliphatic carbocycles. The normalized spacial score (nSPS) is 13.9. The maximum absolute atomic E-state index is 5.71. The first-order valence-corrected chi connectivity index (χ1v) is 5.22. The fourth-order valence-electron chi connectivity index (χ4n) is 1.39. The van der Waals surface area contributed by atoms with Crippen LogP contribution in [0.2, 0.25) is 0 Å². The lowest BCUT2D eigenvalue weighted by Gasteiger charge is -2.09. The summed E-state index contributed by atoms with van der Waals surface area (Å²) in [5.41, 5.74) is 5.71. The van der Waals surface area contributed by atoms with Gasteiger partial charge in [0.25, 0.3) is 0 Å². The number of aromatic nitrogens is 2. The molecular formula is C11H18N4. The second kappa shape index (κ2) is 6.11. The molecule has 0 fully saturated rings. The Hall–Kier alpha value is -1.45. The van der Waals surface area contributed by atoms with Gasteiger partial charge < -0.3 is 5.73 Å². The van der Waals surface area contributed by atoms with Crippen LogP contribution in [0.3, 0.4) is 0 Å². The number of hydrogen-bond acceptors (Lipinski definition) is 3. The molecular weight excluding hydrogens is 188 g/mol. The van der Waals surface area contributed by atoms with Gasteiger partial charge in [0.2, 0.25) is 0 Å². The van der Waals surface area contributed by atoms with E-state index in [4.69, 9.17) is 5.73 Å². The minimum atomic E-state index is 0.346. The Labute approximate surface area is 90.7 Å². The van der Waals surface area contributed by atoms with Gasteiger partial charge in [0.1, 0.15) is 5.82 Å². The molecule has 0 saturated carbocycles. The van der Waals surface area contributed by atoms with Crippen molar-refractivity contribution < 1.29 is 0 Å². The first-order chi connectivity index (χ1) is 7.24. The van der Waals surface area contributed by atoms with Crippen molar-refractivity contribution in [1.29, 1.82) is 0 Å². The van der Waals surface area contributed by atoms with Gasteiger partial charge in [-0.3, -0.25) is 4.99 Å². The molecule has 0 bridgehead atoms. The minimum Gasteiger partial charge on any atom is -0.387 e. The fourth-order valence-corrected chi connectivity index (χ4v) is 1.39. The SMILES string of the molecule is CN=C(N)C(C)CCCc1ncccn1. The van der Waals surface area contributed by atoms with E-state index in [0.717, 1.165) is 30.9 Å². The molecule has 0 spiro atoms. The zero-order chi connectivity index (χ0) is 11.1. The molecule has 4 nitrogen and oxygen atoms in total. The first-order valence-electron chi connectivity index (χ1n) is 5.22. The van der Waals surface area contributed by atoms with Gasteiger partial charge in [0, 0.05) is 31.8 Å². The summed E-state index contributed by atoms with van der Waals surface area (Å²) in [6.45, 7) is 2.09. The van der Waals surface area contributed by atoms with E-state index in [1.54, 1.807) is 19.4 Å². The summed E-state index contributed by atoms with van der Waals surface area (Å²) in [7, 11) is 1.73. The van der Waals surface area contributed by atoms with E-state index in [1.165, 1.54) is 0 Å². The Morgan fingerprint density at radius 3 is 2.73 bits per heavy atom. The average Bonchev–Trinajstić information content (AvgIpc) is 2.29. The van der Waals surface area contributed by atoms with Crippen LogP contribution in [0.25, 0.3) is 0 Å². The van der Waals surface area contributed by atoms with Crippen molar-refractivity contribution >= 4 is 5.84 Å². The number of nitrogens with zero attached hydrogens (tertiary/aromatic N) is 3. The van der Waals surface area contributed by atoms with Crippen LogP contribution in [0.4, 0.5) is 0 Å². The number of aryl methyl sites for hydroxylation is 1. The summed E-state index contributed by atoms with van der Waals surface area (Å²) in [5, 5.41) is 0. The second-order valence-electron chi connectivity index (χ2n) is 3.61. The van der Waals surface area contributed by atoms with Crippen molar-refractivity contribution in [2.75, 3.05) is 7.05 Å². The molecule has 0 amide bonds. The summed E-state index contributed by atoms with van der Waals surface area (Å²) in [6.07, 6.45) is 6.52. The molecule has 1 aromatic heterocycles. The molecule has 4 heteroatoms. The van der Waals surface area contributed by atoms with Crippen LogP contribution in [-0.4, -0.2) is 22.9 Å². The summed E-state index contributed by atoms with van der Waals surface area (Å²) in [4.78, 5) is 12.3. The lowest BCUT2D eigenvalue weighted by atomic mass is 10.0. The number of aliphatic imine (C=N–C) groups is 1. The first kappa shape index (κ1) is 11.6. The zero-order valence-corrected chi connectivity index (χ0v) is 9.35. The number of amidine groups is 1. The predicted molar refractivity (Wildman–Crippen MR) is 61.7 cm³/mol. The lowest BCUT2D eigenvalue weighted by molar-refractivity contribution is 0.617. The van der Waals surface area contributed by atoms with Crippen molar-refractivity contribution in [1.82, 2.24) is 9.97 Å². The Balaban J connectivity index is 2.28. The predicted octanol–water partition coefficient (Wildman–Crippen LogP) is 1.42. The fraction of sp³-hybridized carbons (Fsp3) is 0.545. The van der Waals surface area contributed by atoms with E-state index in [2.05, 4.69) is 21.9 Å². The lowest BCUT2D eigenvalue weighted by Crippen LogP contribution is -2.21. The maximum atomic E-state index is 5.71. The summed E-state index contributed by atoms with van der Waals surface area (Å²) in [5.74, 6) is 1.97. The third kappa shape index (κ3) is 4.06. The number of hydrogen-bond donors (Lipinski definition) is 1. The summed E-state index contributed by atoms with van der Waals surface area (Å²) in [6, 6.07) is 1.83. The van der Waals surface area contributed by atoms with Crippen molar-refractivity contribution in [3.8, 4) is 0 Å². The third-order valence-corrected chi connectivity index (χ3v) is 2.42.